The Hall–Kier alpha value is -3.64. The molecule has 2 heterocycles. The number of aromatic nitrogens is 2. The highest BCUT2D eigenvalue weighted by Gasteiger charge is 2.22. The lowest BCUT2D eigenvalue weighted by Crippen LogP contribution is -2.25. The molecule has 1 aliphatic carbocycles. The van der Waals surface area contributed by atoms with Gasteiger partial charge in [0.05, 0.1) is 11.1 Å². The van der Waals surface area contributed by atoms with Crippen LogP contribution in [0.2, 0.25) is 0 Å². The van der Waals surface area contributed by atoms with Crippen LogP contribution in [0.1, 0.15) is 40.9 Å². The molecule has 0 radical (unpaired) electrons. The van der Waals surface area contributed by atoms with E-state index in [1.807, 2.05) is 0 Å². The molecule has 10 nitrogen and oxygen atoms in total. The summed E-state index contributed by atoms with van der Waals surface area (Å²) in [6.45, 7) is 0. The zero-order valence-electron chi connectivity index (χ0n) is 18.8. The Balaban J connectivity index is 1.51. The van der Waals surface area contributed by atoms with Crippen molar-refractivity contribution >= 4 is 49.6 Å². The summed E-state index contributed by atoms with van der Waals surface area (Å²) in [5, 5.41) is 9.60. The standard InChI is InChI=1S/C23H23N5O5S2/c1-35(31,32)17-11-9-15(10-12-17)20(28-33-16-6-2-3-7-16)22(30)27-23-25-14-18(34-23)21(29)26-19-8-4-5-13-24-19/h4-5,8-14,16H,2-3,6-7H2,1H3,(H,24,26,29)(H,25,27,30)/b28-20+. The minimum atomic E-state index is -3.39. The van der Waals surface area contributed by atoms with Crippen LogP contribution in [-0.4, -0.2) is 48.3 Å². The number of nitrogens with zero attached hydrogens (tertiary/aromatic N) is 3. The first-order valence-corrected chi connectivity index (χ1v) is 13.5. The predicted molar refractivity (Wildman–Crippen MR) is 132 cm³/mol. The first kappa shape index (κ1) is 24.5. The minimum absolute atomic E-state index is 0.0216. The van der Waals surface area contributed by atoms with E-state index in [0.717, 1.165) is 43.3 Å². The van der Waals surface area contributed by atoms with Crippen molar-refractivity contribution in [2.75, 3.05) is 16.9 Å². The Kier molecular flexibility index (Phi) is 7.51. The number of carbonyl (C=O) groups is 2. The third kappa shape index (κ3) is 6.49. The number of hydrogen-bond donors (Lipinski definition) is 2. The molecular weight excluding hydrogens is 490 g/mol. The fraction of sp³-hybridized carbons (Fsp3) is 0.261. The smallest absolute Gasteiger partial charge is 0.280 e. The molecule has 3 aromatic rings. The fourth-order valence-electron chi connectivity index (χ4n) is 3.41. The molecule has 1 aromatic carbocycles. The van der Waals surface area contributed by atoms with Gasteiger partial charge in [0.2, 0.25) is 0 Å². The number of carbonyl (C=O) groups excluding carboxylic acids is 2. The van der Waals surface area contributed by atoms with Gasteiger partial charge in [-0.1, -0.05) is 34.7 Å². The van der Waals surface area contributed by atoms with Gasteiger partial charge in [0.25, 0.3) is 11.8 Å². The van der Waals surface area contributed by atoms with E-state index in [9.17, 15) is 18.0 Å². The maximum atomic E-state index is 13.1. The monoisotopic (exact) mass is 513 g/mol. The van der Waals surface area contributed by atoms with E-state index < -0.39 is 21.7 Å². The molecule has 2 N–H and O–H groups in total. The Morgan fingerprint density at radius 2 is 1.80 bits per heavy atom. The van der Waals surface area contributed by atoms with Gasteiger partial charge in [-0.15, -0.1) is 0 Å². The van der Waals surface area contributed by atoms with Crippen molar-refractivity contribution in [1.29, 1.82) is 0 Å². The number of nitrogens with one attached hydrogen (secondary N) is 2. The van der Waals surface area contributed by atoms with Crippen LogP contribution < -0.4 is 10.6 Å². The number of hydrogen-bond acceptors (Lipinski definition) is 9. The molecule has 0 bridgehead atoms. The van der Waals surface area contributed by atoms with Crippen molar-refractivity contribution in [3.63, 3.8) is 0 Å². The largest absolute Gasteiger partial charge is 0.392 e. The van der Waals surface area contributed by atoms with Gasteiger partial charge < -0.3 is 10.2 Å². The molecule has 35 heavy (non-hydrogen) atoms. The maximum absolute atomic E-state index is 13.1. The van der Waals surface area contributed by atoms with Crippen LogP contribution in [0, 0.1) is 0 Å². The van der Waals surface area contributed by atoms with Gasteiger partial charge in [-0.25, -0.2) is 18.4 Å². The lowest BCUT2D eigenvalue weighted by molar-refractivity contribution is -0.110. The topological polar surface area (TPSA) is 140 Å². The minimum Gasteiger partial charge on any atom is -0.392 e. The Bertz CT molecular complexity index is 1330. The second-order valence-electron chi connectivity index (χ2n) is 7.90. The van der Waals surface area contributed by atoms with Crippen LogP contribution in [0.15, 0.2) is 64.9 Å². The lowest BCUT2D eigenvalue weighted by atomic mass is 10.1. The third-order valence-electron chi connectivity index (χ3n) is 5.22. The van der Waals surface area contributed by atoms with Crippen LogP contribution in [-0.2, 0) is 19.5 Å². The Morgan fingerprint density at radius 3 is 2.46 bits per heavy atom. The molecule has 182 valence electrons. The second-order valence-corrected chi connectivity index (χ2v) is 10.9. The number of anilines is 2. The highest BCUT2D eigenvalue weighted by atomic mass is 32.2. The van der Waals surface area contributed by atoms with E-state index in [4.69, 9.17) is 4.84 Å². The molecule has 1 saturated carbocycles. The van der Waals surface area contributed by atoms with Crippen LogP contribution in [0.25, 0.3) is 0 Å². The number of sulfone groups is 1. The van der Waals surface area contributed by atoms with Gasteiger partial charge in [-0.2, -0.15) is 0 Å². The first-order valence-electron chi connectivity index (χ1n) is 10.8. The molecule has 0 aliphatic heterocycles. The normalized spacial score (nSPS) is 14.5. The van der Waals surface area contributed by atoms with Crippen molar-refractivity contribution in [2.45, 2.75) is 36.7 Å². The average Bonchev–Trinajstić information content (AvgIpc) is 3.52. The number of pyridine rings is 1. The van der Waals surface area contributed by atoms with Gasteiger partial charge in [0.15, 0.2) is 20.7 Å². The molecule has 1 fully saturated rings. The number of benzene rings is 1. The Labute approximate surface area is 206 Å². The zero-order valence-corrected chi connectivity index (χ0v) is 20.4. The average molecular weight is 514 g/mol. The van der Waals surface area contributed by atoms with Gasteiger partial charge in [0, 0.05) is 18.0 Å². The highest BCUT2D eigenvalue weighted by Crippen LogP contribution is 2.23. The lowest BCUT2D eigenvalue weighted by Gasteiger charge is -2.10. The van der Waals surface area contributed by atoms with Gasteiger partial charge in [0.1, 0.15) is 16.8 Å². The fourth-order valence-corrected chi connectivity index (χ4v) is 4.75. The first-order chi connectivity index (χ1) is 16.8. The van der Waals surface area contributed by atoms with Crippen molar-refractivity contribution in [2.24, 2.45) is 5.16 Å². The molecule has 0 unspecified atom stereocenters. The number of rotatable bonds is 8. The van der Waals surface area contributed by atoms with E-state index in [2.05, 4.69) is 25.8 Å². The molecule has 0 atom stereocenters. The predicted octanol–water partition coefficient (Wildman–Crippen LogP) is 3.50. The van der Waals surface area contributed by atoms with E-state index in [1.54, 1.807) is 24.4 Å². The quantitative estimate of drug-likeness (QED) is 0.347. The van der Waals surface area contributed by atoms with Crippen LogP contribution in [0.3, 0.4) is 0 Å². The number of amides is 2. The van der Waals surface area contributed by atoms with Crippen molar-refractivity contribution in [3.8, 4) is 0 Å². The highest BCUT2D eigenvalue weighted by molar-refractivity contribution is 7.90. The zero-order chi connectivity index (χ0) is 24.8. The molecular formula is C23H23N5O5S2. The third-order valence-corrected chi connectivity index (χ3v) is 7.26. The number of oxime groups is 1. The van der Waals surface area contributed by atoms with E-state index in [-0.39, 0.29) is 26.7 Å². The van der Waals surface area contributed by atoms with Crippen LogP contribution in [0.4, 0.5) is 10.9 Å². The van der Waals surface area contributed by atoms with Gasteiger partial charge in [-0.05, 0) is 49.9 Å². The molecule has 1 aliphatic rings. The second kappa shape index (κ2) is 10.7. The molecule has 0 saturated heterocycles. The van der Waals surface area contributed by atoms with Crippen LogP contribution in [0.5, 0.6) is 0 Å². The van der Waals surface area contributed by atoms with Crippen molar-refractivity contribution in [1.82, 2.24) is 9.97 Å². The van der Waals surface area contributed by atoms with E-state index >= 15 is 0 Å². The molecule has 12 heteroatoms. The summed E-state index contributed by atoms with van der Waals surface area (Å²) in [6, 6.07) is 11.0. The summed E-state index contributed by atoms with van der Waals surface area (Å²) < 4.78 is 23.6. The summed E-state index contributed by atoms with van der Waals surface area (Å²) in [5.41, 5.74) is 0.365. The van der Waals surface area contributed by atoms with E-state index in [0.29, 0.717) is 11.4 Å². The Morgan fingerprint density at radius 1 is 1.06 bits per heavy atom. The summed E-state index contributed by atoms with van der Waals surface area (Å²) in [6.07, 6.45) is 7.72. The van der Waals surface area contributed by atoms with Crippen molar-refractivity contribution < 1.29 is 22.8 Å². The molecule has 0 spiro atoms. The van der Waals surface area contributed by atoms with Crippen molar-refractivity contribution in [3.05, 3.63) is 65.3 Å². The summed E-state index contributed by atoms with van der Waals surface area (Å²) >= 11 is 0.992. The SMILES string of the molecule is CS(=O)(=O)c1ccc(/C(=N\OC2CCCC2)C(=O)Nc2ncc(C(=O)Nc3ccccn3)s2)cc1. The molecule has 2 aromatic heterocycles. The van der Waals surface area contributed by atoms with Gasteiger partial charge >= 0.3 is 0 Å². The summed E-state index contributed by atoms with van der Waals surface area (Å²) in [4.78, 5) is 39.7. The maximum Gasteiger partial charge on any atom is 0.280 e. The van der Waals surface area contributed by atoms with E-state index in [1.165, 1.54) is 30.5 Å². The molecule has 4 rings (SSSR count). The summed E-state index contributed by atoms with van der Waals surface area (Å²) in [7, 11) is -3.39. The van der Waals surface area contributed by atoms with Crippen LogP contribution >= 0.6 is 11.3 Å². The molecule has 2 amide bonds. The number of thiazole rings is 1. The summed E-state index contributed by atoms with van der Waals surface area (Å²) in [5.74, 6) is -0.606. The van der Waals surface area contributed by atoms with Gasteiger partial charge in [-0.3, -0.25) is 14.9 Å².